The number of nitrogens with one attached hydrogen (secondary N) is 1. The molecule has 1 heterocycles. The zero-order valence-corrected chi connectivity index (χ0v) is 11.8. The van der Waals surface area contributed by atoms with Gasteiger partial charge in [-0.3, -0.25) is 4.98 Å². The largest absolute Gasteiger partial charge is 0.263 e. The summed E-state index contributed by atoms with van der Waals surface area (Å²) in [4.78, 5) is 3.79. The van der Waals surface area contributed by atoms with Crippen molar-refractivity contribution in [2.75, 3.05) is 6.54 Å². The summed E-state index contributed by atoms with van der Waals surface area (Å²) >= 11 is 5.82. The Kier molecular flexibility index (Phi) is 4.52. The predicted octanol–water partition coefficient (Wildman–Crippen LogP) is 2.45. The Morgan fingerprint density at radius 3 is 2.59 bits per heavy atom. The molecule has 0 aromatic carbocycles. The van der Waals surface area contributed by atoms with E-state index >= 15 is 0 Å². The lowest BCUT2D eigenvalue weighted by atomic mass is 9.93. The maximum absolute atomic E-state index is 11.9. The molecular weight excluding hydrogens is 260 g/mol. The molecule has 0 fully saturated rings. The molecule has 4 nitrogen and oxygen atoms in total. The maximum Gasteiger partial charge on any atom is 0.243 e. The normalized spacial score (nSPS) is 12.7. The topological polar surface area (TPSA) is 59.1 Å². The molecule has 0 aliphatic heterocycles. The summed E-state index contributed by atoms with van der Waals surface area (Å²) in [5.41, 5.74) is 0.0846. The minimum absolute atomic E-state index is 0.0237. The zero-order chi connectivity index (χ0) is 13.1. The van der Waals surface area contributed by atoms with Gasteiger partial charge in [-0.2, -0.15) is 0 Å². The fourth-order valence-corrected chi connectivity index (χ4v) is 2.66. The van der Waals surface area contributed by atoms with Crippen molar-refractivity contribution in [1.82, 2.24) is 9.71 Å². The highest BCUT2D eigenvalue weighted by molar-refractivity contribution is 7.89. The van der Waals surface area contributed by atoms with E-state index in [0.717, 1.165) is 6.42 Å². The Morgan fingerprint density at radius 2 is 2.06 bits per heavy atom. The van der Waals surface area contributed by atoms with E-state index in [1.165, 1.54) is 18.5 Å². The van der Waals surface area contributed by atoms with Crippen LogP contribution in [0.5, 0.6) is 0 Å². The van der Waals surface area contributed by atoms with Crippen LogP contribution in [0.1, 0.15) is 27.2 Å². The van der Waals surface area contributed by atoms with Gasteiger partial charge in [-0.15, -0.1) is 0 Å². The van der Waals surface area contributed by atoms with Crippen molar-refractivity contribution < 1.29 is 8.42 Å². The van der Waals surface area contributed by atoms with E-state index in [1.807, 2.05) is 0 Å². The van der Waals surface area contributed by atoms with E-state index in [-0.39, 0.29) is 15.3 Å². The van der Waals surface area contributed by atoms with E-state index in [4.69, 9.17) is 11.6 Å². The Labute approximate surface area is 107 Å². The maximum atomic E-state index is 11.9. The quantitative estimate of drug-likeness (QED) is 0.919. The third-order valence-corrected chi connectivity index (χ3v) is 4.12. The molecule has 6 heteroatoms. The summed E-state index contributed by atoms with van der Waals surface area (Å²) in [6, 6.07) is 1.46. The van der Waals surface area contributed by atoms with Crippen LogP contribution in [0, 0.1) is 5.41 Å². The zero-order valence-electron chi connectivity index (χ0n) is 10.2. The second-order valence-electron chi connectivity index (χ2n) is 5.01. The number of rotatable bonds is 4. The molecule has 0 aliphatic rings. The van der Waals surface area contributed by atoms with Crippen LogP contribution in [0.3, 0.4) is 0 Å². The molecule has 0 radical (unpaired) electrons. The van der Waals surface area contributed by atoms with Crippen molar-refractivity contribution in [1.29, 1.82) is 0 Å². The third kappa shape index (κ3) is 4.61. The number of hydrogen-bond donors (Lipinski definition) is 1. The van der Waals surface area contributed by atoms with Crippen LogP contribution in [0.2, 0.25) is 5.02 Å². The van der Waals surface area contributed by atoms with Gasteiger partial charge in [-0.25, -0.2) is 13.1 Å². The lowest BCUT2D eigenvalue weighted by Crippen LogP contribution is -2.27. The second kappa shape index (κ2) is 5.33. The van der Waals surface area contributed by atoms with Gasteiger partial charge in [-0.05, 0) is 17.9 Å². The van der Waals surface area contributed by atoms with Gasteiger partial charge in [0, 0.05) is 18.9 Å². The molecule has 1 rings (SSSR count). The Morgan fingerprint density at radius 1 is 1.41 bits per heavy atom. The summed E-state index contributed by atoms with van der Waals surface area (Å²) in [5, 5.41) is 0.184. The molecule has 1 N–H and O–H groups in total. The van der Waals surface area contributed by atoms with Gasteiger partial charge in [0.25, 0.3) is 0 Å². The first-order chi connectivity index (χ1) is 7.72. The molecule has 0 amide bonds. The van der Waals surface area contributed by atoms with Crippen molar-refractivity contribution >= 4 is 21.6 Å². The molecular formula is C11H17ClN2O2S. The van der Waals surface area contributed by atoms with Gasteiger partial charge in [0.1, 0.15) is 4.90 Å². The predicted molar refractivity (Wildman–Crippen MR) is 68.5 cm³/mol. The second-order valence-corrected chi connectivity index (χ2v) is 7.16. The molecule has 96 valence electrons. The SMILES string of the molecule is CC(C)(C)CCNS(=O)(=O)c1cnccc1Cl. The van der Waals surface area contributed by atoms with Crippen LogP contribution in [0.4, 0.5) is 0 Å². The fourth-order valence-electron chi connectivity index (χ4n) is 1.20. The number of sulfonamides is 1. The number of halogens is 1. The smallest absolute Gasteiger partial charge is 0.243 e. The summed E-state index contributed by atoms with van der Waals surface area (Å²) in [6.07, 6.45) is 3.46. The van der Waals surface area contributed by atoms with Crippen molar-refractivity contribution in [3.05, 3.63) is 23.5 Å². The van der Waals surface area contributed by atoms with Gasteiger partial charge >= 0.3 is 0 Å². The fraction of sp³-hybridized carbons (Fsp3) is 0.545. The third-order valence-electron chi connectivity index (χ3n) is 2.19. The number of nitrogens with zero attached hydrogens (tertiary/aromatic N) is 1. The first kappa shape index (κ1) is 14.4. The average molecular weight is 277 g/mol. The minimum atomic E-state index is -3.56. The van der Waals surface area contributed by atoms with Gasteiger partial charge in [0.15, 0.2) is 0 Å². The molecule has 1 aromatic rings. The van der Waals surface area contributed by atoms with Crippen LogP contribution < -0.4 is 4.72 Å². The van der Waals surface area contributed by atoms with Crippen LogP contribution in [-0.4, -0.2) is 19.9 Å². The molecule has 0 bridgehead atoms. The van der Waals surface area contributed by atoms with E-state index in [0.29, 0.717) is 6.54 Å². The van der Waals surface area contributed by atoms with Crippen molar-refractivity contribution in [2.45, 2.75) is 32.1 Å². The van der Waals surface area contributed by atoms with Crippen LogP contribution >= 0.6 is 11.6 Å². The number of pyridine rings is 1. The summed E-state index contributed by atoms with van der Waals surface area (Å²) < 4.78 is 26.3. The monoisotopic (exact) mass is 276 g/mol. The summed E-state index contributed by atoms with van der Waals surface area (Å²) in [6.45, 7) is 6.55. The van der Waals surface area contributed by atoms with Gasteiger partial charge in [0.2, 0.25) is 10.0 Å². The van der Waals surface area contributed by atoms with E-state index < -0.39 is 10.0 Å². The minimum Gasteiger partial charge on any atom is -0.263 e. The first-order valence-corrected chi connectivity index (χ1v) is 7.18. The molecule has 1 aromatic heterocycles. The molecule has 0 aliphatic carbocycles. The highest BCUT2D eigenvalue weighted by Gasteiger charge is 2.18. The highest BCUT2D eigenvalue weighted by Crippen LogP contribution is 2.20. The van der Waals surface area contributed by atoms with E-state index in [1.54, 1.807) is 0 Å². The summed E-state index contributed by atoms with van der Waals surface area (Å²) in [5.74, 6) is 0. The molecule has 0 saturated heterocycles. The lowest BCUT2D eigenvalue weighted by Gasteiger charge is -2.18. The van der Waals surface area contributed by atoms with Crippen molar-refractivity contribution in [3.8, 4) is 0 Å². The summed E-state index contributed by atoms with van der Waals surface area (Å²) in [7, 11) is -3.56. The molecule has 0 saturated carbocycles. The molecule has 0 spiro atoms. The Hall–Kier alpha value is -0.650. The number of aromatic nitrogens is 1. The van der Waals surface area contributed by atoms with Crippen molar-refractivity contribution in [2.24, 2.45) is 5.41 Å². The van der Waals surface area contributed by atoms with Crippen LogP contribution in [0.15, 0.2) is 23.4 Å². The Balaban J connectivity index is 2.74. The van der Waals surface area contributed by atoms with Crippen LogP contribution in [0.25, 0.3) is 0 Å². The standard InChI is InChI=1S/C11H17ClN2O2S/c1-11(2,3)5-7-14-17(15,16)10-8-13-6-4-9(10)12/h4,6,8,14H,5,7H2,1-3H3. The molecule has 0 atom stereocenters. The molecule has 0 unspecified atom stereocenters. The highest BCUT2D eigenvalue weighted by atomic mass is 35.5. The lowest BCUT2D eigenvalue weighted by molar-refractivity contribution is 0.378. The van der Waals surface area contributed by atoms with Gasteiger partial charge in [0.05, 0.1) is 5.02 Å². The van der Waals surface area contributed by atoms with Crippen molar-refractivity contribution in [3.63, 3.8) is 0 Å². The van der Waals surface area contributed by atoms with Gasteiger partial charge in [-0.1, -0.05) is 32.4 Å². The van der Waals surface area contributed by atoms with E-state index in [9.17, 15) is 8.42 Å². The average Bonchev–Trinajstić information content (AvgIpc) is 2.15. The number of hydrogen-bond acceptors (Lipinski definition) is 3. The Bertz CT molecular complexity index is 480. The van der Waals surface area contributed by atoms with E-state index in [2.05, 4.69) is 30.5 Å². The molecule has 17 heavy (non-hydrogen) atoms. The van der Waals surface area contributed by atoms with Crippen LogP contribution in [-0.2, 0) is 10.0 Å². The first-order valence-electron chi connectivity index (χ1n) is 5.31. The van der Waals surface area contributed by atoms with Gasteiger partial charge < -0.3 is 0 Å².